The molecule has 0 saturated carbocycles. The van der Waals surface area contributed by atoms with E-state index in [0.29, 0.717) is 0 Å². The SMILES string of the molecule is CCc1ccc(C=CC(=O)C(C)CN(C)C)cc1. The molecule has 0 amide bonds. The maximum absolute atomic E-state index is 11.9. The molecule has 1 unspecified atom stereocenters. The molecule has 0 aromatic heterocycles. The second-order valence-electron chi connectivity index (χ2n) is 4.99. The maximum atomic E-state index is 11.9. The number of ketones is 1. The van der Waals surface area contributed by atoms with Crippen LogP contribution in [0.1, 0.15) is 25.0 Å². The van der Waals surface area contributed by atoms with Gasteiger partial charge in [0.1, 0.15) is 0 Å². The van der Waals surface area contributed by atoms with Crippen LogP contribution in [0.5, 0.6) is 0 Å². The van der Waals surface area contributed by atoms with Gasteiger partial charge in [-0.15, -0.1) is 0 Å². The molecule has 0 aliphatic heterocycles. The van der Waals surface area contributed by atoms with Crippen LogP contribution < -0.4 is 0 Å². The van der Waals surface area contributed by atoms with Gasteiger partial charge in [0.2, 0.25) is 0 Å². The van der Waals surface area contributed by atoms with Crippen LogP contribution in [0.3, 0.4) is 0 Å². The molecular weight excluding hydrogens is 222 g/mol. The Kier molecular flexibility index (Phi) is 5.79. The maximum Gasteiger partial charge on any atom is 0.159 e. The van der Waals surface area contributed by atoms with E-state index < -0.39 is 0 Å². The van der Waals surface area contributed by atoms with Crippen molar-refractivity contribution < 1.29 is 4.79 Å². The van der Waals surface area contributed by atoms with Gasteiger partial charge in [-0.05, 0) is 37.7 Å². The van der Waals surface area contributed by atoms with E-state index in [4.69, 9.17) is 0 Å². The molecule has 98 valence electrons. The van der Waals surface area contributed by atoms with Gasteiger partial charge in [-0.25, -0.2) is 0 Å². The van der Waals surface area contributed by atoms with Crippen LogP contribution in [0.25, 0.3) is 6.08 Å². The normalized spacial score (nSPS) is 13.2. The molecule has 0 saturated heterocycles. The highest BCUT2D eigenvalue weighted by Gasteiger charge is 2.10. The lowest BCUT2D eigenvalue weighted by molar-refractivity contribution is -0.118. The molecule has 1 atom stereocenters. The lowest BCUT2D eigenvalue weighted by Crippen LogP contribution is -2.24. The fraction of sp³-hybridized carbons (Fsp3) is 0.438. The zero-order valence-corrected chi connectivity index (χ0v) is 11.8. The lowest BCUT2D eigenvalue weighted by Gasteiger charge is -2.13. The second kappa shape index (κ2) is 7.12. The summed E-state index contributed by atoms with van der Waals surface area (Å²) < 4.78 is 0. The summed E-state index contributed by atoms with van der Waals surface area (Å²) in [5.74, 6) is 0.231. The van der Waals surface area contributed by atoms with Gasteiger partial charge in [-0.2, -0.15) is 0 Å². The first kappa shape index (κ1) is 14.7. The number of rotatable bonds is 6. The molecular formula is C16H23NO. The molecule has 0 aliphatic rings. The van der Waals surface area contributed by atoms with E-state index in [1.165, 1.54) is 5.56 Å². The highest BCUT2D eigenvalue weighted by Crippen LogP contribution is 2.08. The molecule has 0 N–H and O–H groups in total. The number of hydrogen-bond donors (Lipinski definition) is 0. The first-order chi connectivity index (χ1) is 8.52. The molecule has 1 rings (SSSR count). The van der Waals surface area contributed by atoms with E-state index in [9.17, 15) is 4.79 Å². The first-order valence-corrected chi connectivity index (χ1v) is 6.48. The highest BCUT2D eigenvalue weighted by molar-refractivity contribution is 5.95. The summed E-state index contributed by atoms with van der Waals surface area (Å²) in [5, 5.41) is 0. The summed E-state index contributed by atoms with van der Waals surface area (Å²) in [7, 11) is 3.97. The zero-order valence-electron chi connectivity index (χ0n) is 11.8. The number of allylic oxidation sites excluding steroid dienone is 1. The summed E-state index contributed by atoms with van der Waals surface area (Å²) in [6.45, 7) is 4.89. The Balaban J connectivity index is 2.59. The average molecular weight is 245 g/mol. The summed E-state index contributed by atoms with van der Waals surface area (Å²) >= 11 is 0. The van der Waals surface area contributed by atoms with E-state index in [-0.39, 0.29) is 11.7 Å². The Morgan fingerprint density at radius 2 is 1.89 bits per heavy atom. The monoisotopic (exact) mass is 245 g/mol. The van der Waals surface area contributed by atoms with Crippen LogP contribution in [0.4, 0.5) is 0 Å². The van der Waals surface area contributed by atoms with Crippen LogP contribution in [-0.2, 0) is 11.2 Å². The largest absolute Gasteiger partial charge is 0.309 e. The van der Waals surface area contributed by atoms with Crippen molar-refractivity contribution >= 4 is 11.9 Å². The van der Waals surface area contributed by atoms with E-state index >= 15 is 0 Å². The minimum Gasteiger partial charge on any atom is -0.309 e. The third-order valence-corrected chi connectivity index (χ3v) is 2.95. The minimum atomic E-state index is 0.0474. The summed E-state index contributed by atoms with van der Waals surface area (Å²) in [5.41, 5.74) is 2.40. The average Bonchev–Trinajstić information content (AvgIpc) is 2.35. The Bertz CT molecular complexity index is 404. The van der Waals surface area contributed by atoms with Gasteiger partial charge in [-0.1, -0.05) is 44.2 Å². The van der Waals surface area contributed by atoms with Crippen LogP contribution in [0.2, 0.25) is 0 Å². The van der Waals surface area contributed by atoms with Crippen LogP contribution in [0, 0.1) is 5.92 Å². The van der Waals surface area contributed by atoms with Crippen molar-refractivity contribution in [2.24, 2.45) is 5.92 Å². The Labute approximate surface area is 110 Å². The molecule has 0 fully saturated rings. The van der Waals surface area contributed by atoms with Gasteiger partial charge in [0.25, 0.3) is 0 Å². The second-order valence-corrected chi connectivity index (χ2v) is 4.99. The van der Waals surface area contributed by atoms with Gasteiger partial charge < -0.3 is 4.90 Å². The molecule has 2 nitrogen and oxygen atoms in total. The lowest BCUT2D eigenvalue weighted by atomic mass is 10.0. The number of hydrogen-bond acceptors (Lipinski definition) is 2. The summed E-state index contributed by atoms with van der Waals surface area (Å²) in [6.07, 6.45) is 4.63. The van der Waals surface area contributed by atoms with Crippen LogP contribution in [-0.4, -0.2) is 31.3 Å². The van der Waals surface area contributed by atoms with E-state index in [0.717, 1.165) is 18.5 Å². The van der Waals surface area contributed by atoms with E-state index in [1.807, 2.05) is 32.0 Å². The van der Waals surface area contributed by atoms with Gasteiger partial charge >= 0.3 is 0 Å². The number of carbonyl (C=O) groups is 1. The van der Waals surface area contributed by atoms with Crippen molar-refractivity contribution in [1.29, 1.82) is 0 Å². The first-order valence-electron chi connectivity index (χ1n) is 6.48. The van der Waals surface area contributed by atoms with Gasteiger partial charge in [0, 0.05) is 12.5 Å². The van der Waals surface area contributed by atoms with Gasteiger partial charge in [-0.3, -0.25) is 4.79 Å². The van der Waals surface area contributed by atoms with E-state index in [1.54, 1.807) is 6.08 Å². The zero-order chi connectivity index (χ0) is 13.5. The number of benzene rings is 1. The quantitative estimate of drug-likeness (QED) is 0.718. The highest BCUT2D eigenvalue weighted by atomic mass is 16.1. The molecule has 0 radical (unpaired) electrons. The third-order valence-electron chi connectivity index (χ3n) is 2.95. The molecule has 1 aromatic carbocycles. The van der Waals surface area contributed by atoms with E-state index in [2.05, 4.69) is 31.2 Å². The fourth-order valence-corrected chi connectivity index (χ4v) is 1.84. The number of nitrogens with zero attached hydrogens (tertiary/aromatic N) is 1. The predicted molar refractivity (Wildman–Crippen MR) is 77.6 cm³/mol. The Hall–Kier alpha value is -1.41. The molecule has 0 bridgehead atoms. The predicted octanol–water partition coefficient (Wildman–Crippen LogP) is 3.03. The van der Waals surface area contributed by atoms with Crippen molar-refractivity contribution in [2.75, 3.05) is 20.6 Å². The fourth-order valence-electron chi connectivity index (χ4n) is 1.84. The standard InChI is InChI=1S/C16H23NO/c1-5-14-6-8-15(9-7-14)10-11-16(18)13(2)12-17(3)4/h6-11,13H,5,12H2,1-4H3. The number of carbonyl (C=O) groups excluding carboxylic acids is 1. The summed E-state index contributed by atoms with van der Waals surface area (Å²) in [4.78, 5) is 13.9. The van der Waals surface area contributed by atoms with Crippen molar-refractivity contribution in [3.8, 4) is 0 Å². The van der Waals surface area contributed by atoms with Crippen LogP contribution >= 0.6 is 0 Å². The smallest absolute Gasteiger partial charge is 0.159 e. The Morgan fingerprint density at radius 1 is 1.28 bits per heavy atom. The van der Waals surface area contributed by atoms with Gasteiger partial charge in [0.05, 0.1) is 0 Å². The minimum absolute atomic E-state index is 0.0474. The third kappa shape index (κ3) is 4.84. The number of aryl methyl sites for hydroxylation is 1. The topological polar surface area (TPSA) is 20.3 Å². The molecule has 18 heavy (non-hydrogen) atoms. The molecule has 0 aliphatic carbocycles. The molecule has 2 heteroatoms. The van der Waals surface area contributed by atoms with Crippen molar-refractivity contribution in [1.82, 2.24) is 4.90 Å². The molecule has 1 aromatic rings. The van der Waals surface area contributed by atoms with Crippen molar-refractivity contribution in [3.63, 3.8) is 0 Å². The van der Waals surface area contributed by atoms with Crippen molar-refractivity contribution in [2.45, 2.75) is 20.3 Å². The molecule has 0 spiro atoms. The van der Waals surface area contributed by atoms with Gasteiger partial charge in [0.15, 0.2) is 5.78 Å². The van der Waals surface area contributed by atoms with Crippen LogP contribution in [0.15, 0.2) is 30.3 Å². The van der Waals surface area contributed by atoms with Crippen molar-refractivity contribution in [3.05, 3.63) is 41.5 Å². The summed E-state index contributed by atoms with van der Waals surface area (Å²) in [6, 6.07) is 8.32. The molecule has 0 heterocycles. The Morgan fingerprint density at radius 3 is 2.39 bits per heavy atom.